The summed E-state index contributed by atoms with van der Waals surface area (Å²) in [7, 11) is 14.9. The number of fused-ring (bicyclic) bond motifs is 3. The van der Waals surface area contributed by atoms with Crippen LogP contribution in [0, 0.1) is 17.8 Å². The summed E-state index contributed by atoms with van der Waals surface area (Å²) in [6.07, 6.45) is 4.11. The Labute approximate surface area is 104 Å². The third-order valence-electron chi connectivity index (χ3n) is 3.88. The van der Waals surface area contributed by atoms with Gasteiger partial charge in [-0.3, -0.25) is 0 Å². The number of carboxylic acids is 1. The molecule has 3 fully saturated rings. The molecule has 3 saturated carbocycles. The number of aliphatic carboxylic acids is 1. The predicted octanol–water partition coefficient (Wildman–Crippen LogP) is 3.53. The zero-order valence-electron chi connectivity index (χ0n) is 8.13. The zero-order valence-corrected chi connectivity index (χ0v) is 12.5. The molecule has 3 aliphatic carbocycles. The average Bonchev–Trinajstić information content (AvgIpc) is 2.16. The molecule has 0 aliphatic heterocycles. The van der Waals surface area contributed by atoms with E-state index in [4.69, 9.17) is 30.0 Å². The zero-order chi connectivity index (χ0) is 11.2. The van der Waals surface area contributed by atoms with E-state index in [1.165, 1.54) is 0 Å². The van der Waals surface area contributed by atoms with Crippen LogP contribution in [0.5, 0.6) is 0 Å². The second kappa shape index (κ2) is 4.28. The molecular weight excluding hydrogens is 319 g/mol. The first kappa shape index (κ1) is 12.3. The van der Waals surface area contributed by atoms with Gasteiger partial charge < -0.3 is 0 Å². The number of halogens is 3. The summed E-state index contributed by atoms with van der Waals surface area (Å²) >= 11 is 0. The molecule has 0 aromatic carbocycles. The van der Waals surface area contributed by atoms with Crippen molar-refractivity contribution in [2.75, 3.05) is 0 Å². The van der Waals surface area contributed by atoms with E-state index in [1.807, 2.05) is 0 Å². The SMILES string of the molecule is O=C(O)C1C2CCC(CC2)[CH]1[Ge]([Cl])([Cl])[Cl]. The minimum absolute atomic E-state index is 0.125. The van der Waals surface area contributed by atoms with Crippen molar-refractivity contribution in [3.8, 4) is 0 Å². The van der Waals surface area contributed by atoms with Crippen LogP contribution in [0.25, 0.3) is 0 Å². The van der Waals surface area contributed by atoms with E-state index in [0.717, 1.165) is 25.7 Å². The monoisotopic (exact) mass is 332 g/mol. The van der Waals surface area contributed by atoms with E-state index in [-0.39, 0.29) is 16.6 Å². The first-order chi connectivity index (χ1) is 6.91. The Morgan fingerprint density at radius 2 is 1.53 bits per heavy atom. The number of hydrogen-bond donors (Lipinski definition) is 1. The Bertz CT molecular complexity index is 271. The summed E-state index contributed by atoms with van der Waals surface area (Å²) in [6, 6.07) is 0. The molecule has 6 heteroatoms. The molecule has 1 N–H and O–H groups in total. The van der Waals surface area contributed by atoms with Gasteiger partial charge >= 0.3 is 105 Å². The van der Waals surface area contributed by atoms with Gasteiger partial charge in [0.15, 0.2) is 0 Å². The molecule has 3 rings (SSSR count). The Balaban J connectivity index is 2.29. The van der Waals surface area contributed by atoms with Crippen LogP contribution in [0.4, 0.5) is 0 Å². The van der Waals surface area contributed by atoms with E-state index in [0.29, 0.717) is 5.92 Å². The van der Waals surface area contributed by atoms with E-state index in [2.05, 4.69) is 0 Å². The van der Waals surface area contributed by atoms with Gasteiger partial charge in [-0.1, -0.05) is 0 Å². The maximum atomic E-state index is 11.3. The molecule has 0 spiro atoms. The molecule has 0 aromatic rings. The fraction of sp³-hybridized carbons (Fsp3) is 0.889. The fourth-order valence-electron chi connectivity index (χ4n) is 3.28. The summed E-state index contributed by atoms with van der Waals surface area (Å²) in [5.74, 6) is -0.543. The normalized spacial score (nSPS) is 40.5. The van der Waals surface area contributed by atoms with Gasteiger partial charge in [-0.2, -0.15) is 0 Å². The third kappa shape index (κ3) is 2.28. The van der Waals surface area contributed by atoms with Gasteiger partial charge in [0.05, 0.1) is 0 Å². The van der Waals surface area contributed by atoms with Crippen LogP contribution in [0.3, 0.4) is 0 Å². The van der Waals surface area contributed by atoms with Gasteiger partial charge in [0.2, 0.25) is 0 Å². The number of carbonyl (C=O) groups is 1. The molecule has 15 heavy (non-hydrogen) atoms. The van der Waals surface area contributed by atoms with Crippen LogP contribution in [-0.2, 0) is 4.79 Å². The van der Waals surface area contributed by atoms with Crippen LogP contribution in [0.2, 0.25) is 4.75 Å². The van der Waals surface area contributed by atoms with Gasteiger partial charge in [-0.25, -0.2) is 0 Å². The molecule has 0 aromatic heterocycles. The third-order valence-corrected chi connectivity index (χ3v) is 11.1. The first-order valence-electron chi connectivity index (χ1n) is 5.21. The summed E-state index contributed by atoms with van der Waals surface area (Å²) in [5, 5.41) is 9.25. The van der Waals surface area contributed by atoms with Gasteiger partial charge in [-0.15, -0.1) is 0 Å². The average molecular weight is 332 g/mol. The van der Waals surface area contributed by atoms with Crippen LogP contribution in [0.1, 0.15) is 25.7 Å². The molecule has 2 bridgehead atoms. The Kier molecular flexibility index (Phi) is 3.52. The van der Waals surface area contributed by atoms with E-state index in [1.54, 1.807) is 0 Å². The number of rotatable bonds is 2. The summed E-state index contributed by atoms with van der Waals surface area (Å²) in [6.45, 7) is 0. The van der Waals surface area contributed by atoms with E-state index < -0.39 is 16.4 Å². The van der Waals surface area contributed by atoms with Gasteiger partial charge in [0, 0.05) is 0 Å². The molecule has 0 saturated heterocycles. The van der Waals surface area contributed by atoms with Crippen LogP contribution >= 0.6 is 30.0 Å². The van der Waals surface area contributed by atoms with Crippen molar-refractivity contribution >= 4 is 46.5 Å². The minimum atomic E-state index is -3.41. The van der Waals surface area contributed by atoms with Crippen molar-refractivity contribution in [1.29, 1.82) is 0 Å². The molecule has 0 heterocycles. The van der Waals surface area contributed by atoms with Crippen LogP contribution < -0.4 is 0 Å². The Morgan fingerprint density at radius 1 is 1.07 bits per heavy atom. The molecule has 2 unspecified atom stereocenters. The number of hydrogen-bond acceptors (Lipinski definition) is 1. The van der Waals surface area contributed by atoms with Crippen molar-refractivity contribution in [3.63, 3.8) is 0 Å². The van der Waals surface area contributed by atoms with Crippen molar-refractivity contribution in [1.82, 2.24) is 0 Å². The molecule has 3 aliphatic rings. The maximum absolute atomic E-state index is 11.3. The van der Waals surface area contributed by atoms with Crippen molar-refractivity contribution < 1.29 is 9.90 Å². The molecule has 0 amide bonds. The van der Waals surface area contributed by atoms with Crippen molar-refractivity contribution in [3.05, 3.63) is 0 Å². The van der Waals surface area contributed by atoms with Crippen molar-refractivity contribution in [2.45, 2.75) is 30.4 Å². The van der Waals surface area contributed by atoms with Gasteiger partial charge in [0.1, 0.15) is 0 Å². The Hall–Kier alpha value is 0.883. The first-order valence-corrected chi connectivity index (χ1v) is 14.7. The molecular formula is C9H13Cl3GeO2. The quantitative estimate of drug-likeness (QED) is 0.786. The molecule has 2 nitrogen and oxygen atoms in total. The molecule has 2 atom stereocenters. The summed E-state index contributed by atoms with van der Waals surface area (Å²) in [4.78, 5) is 11.3. The van der Waals surface area contributed by atoms with E-state index in [9.17, 15) is 9.90 Å². The second-order valence-electron chi connectivity index (χ2n) is 4.61. The van der Waals surface area contributed by atoms with Crippen LogP contribution in [-0.4, -0.2) is 21.6 Å². The standard InChI is InChI=1S/C9H13Cl3GeO2/c10-13(11,12)8-6-3-1-5(2-4-6)7(8)9(14)15/h5-8H,1-4H2,(H,14,15). The molecule has 86 valence electrons. The second-order valence-corrected chi connectivity index (χ2v) is 20.6. The summed E-state index contributed by atoms with van der Waals surface area (Å²) < 4.78 is -0.125. The predicted molar refractivity (Wildman–Crippen MR) is 63.6 cm³/mol. The van der Waals surface area contributed by atoms with Gasteiger partial charge in [0.25, 0.3) is 0 Å². The fourth-order valence-corrected chi connectivity index (χ4v) is 11.7. The van der Waals surface area contributed by atoms with Crippen LogP contribution in [0.15, 0.2) is 0 Å². The summed E-state index contributed by atoms with van der Waals surface area (Å²) in [5.41, 5.74) is 0. The van der Waals surface area contributed by atoms with Crippen molar-refractivity contribution in [2.24, 2.45) is 17.8 Å². The Morgan fingerprint density at radius 3 is 1.87 bits per heavy atom. The number of carboxylic acid groups (broad SMARTS) is 1. The molecule has 0 radical (unpaired) electrons. The van der Waals surface area contributed by atoms with Gasteiger partial charge in [-0.05, 0) is 0 Å². The van der Waals surface area contributed by atoms with E-state index >= 15 is 0 Å². The topological polar surface area (TPSA) is 37.3 Å².